The molecule has 1 nitrogen and oxygen atoms in total. The summed E-state index contributed by atoms with van der Waals surface area (Å²) in [6.45, 7) is 6.19. The molecule has 0 aliphatic rings. The van der Waals surface area contributed by atoms with E-state index in [1.165, 1.54) is 0 Å². The molecule has 0 aliphatic carbocycles. The number of nitrogens with one attached hydrogen (secondary N) is 1. The fourth-order valence-corrected chi connectivity index (χ4v) is 0.250. The maximum atomic E-state index is 5.39. The molecule has 0 saturated carbocycles. The van der Waals surface area contributed by atoms with Crippen molar-refractivity contribution in [3.05, 3.63) is 0 Å². The molecule has 0 heterocycles. The lowest BCUT2D eigenvalue weighted by atomic mass is 10.3. The smallest absolute Gasteiger partial charge is 0.0278 e. The highest BCUT2D eigenvalue weighted by atomic mass is 15.0. The fourth-order valence-electron chi connectivity index (χ4n) is 0.250. The highest BCUT2D eigenvalue weighted by Crippen LogP contribution is 1.36. The van der Waals surface area contributed by atoms with Crippen LogP contribution >= 0.6 is 0 Å². The zero-order chi connectivity index (χ0) is 4.99. The molecule has 0 saturated heterocycles. The van der Waals surface area contributed by atoms with E-state index in [1.54, 1.807) is 0 Å². The molecule has 0 amide bonds. The quantitative estimate of drug-likeness (QED) is 0.409. The first kappa shape index (κ1) is 6.02. The Morgan fingerprint density at radius 1 is 1.33 bits per heavy atom. The Bertz CT molecular complexity index is 26.7. The van der Waals surface area contributed by atoms with Crippen molar-refractivity contribution in [2.45, 2.75) is 13.8 Å². The molecule has 0 spiro atoms. The summed E-state index contributed by atoms with van der Waals surface area (Å²) < 4.78 is 0. The maximum absolute atomic E-state index is 5.39. The lowest BCUT2D eigenvalue weighted by molar-refractivity contribution is -0.773. The molecule has 0 aliphatic heterocycles. The van der Waals surface area contributed by atoms with E-state index in [0.29, 0.717) is 0 Å². The normalized spacial score (nSPS) is 10.0. The highest BCUT2D eigenvalue weighted by molar-refractivity contribution is 5.94. The molecule has 0 aromatic carbocycles. The van der Waals surface area contributed by atoms with Crippen LogP contribution in [-0.2, 0) is 0 Å². The summed E-state index contributed by atoms with van der Waals surface area (Å²) >= 11 is 0. The van der Waals surface area contributed by atoms with Gasteiger partial charge in [-0.05, 0) is 13.8 Å². The number of rotatable bonds is 2. The summed E-state index contributed by atoms with van der Waals surface area (Å²) in [6, 6.07) is 0. The van der Waals surface area contributed by atoms with Gasteiger partial charge < -0.3 is 4.81 Å². The van der Waals surface area contributed by atoms with Crippen LogP contribution in [0, 0.1) is 0 Å². The van der Waals surface area contributed by atoms with Gasteiger partial charge in [0.15, 0.2) is 0 Å². The first-order chi connectivity index (χ1) is 2.81. The third kappa shape index (κ3) is 2.27. The van der Waals surface area contributed by atoms with Crippen LogP contribution in [0.4, 0.5) is 0 Å². The number of quaternary nitrogens is 1. The Morgan fingerprint density at radius 3 is 1.67 bits per heavy atom. The molecule has 0 bridgehead atoms. The van der Waals surface area contributed by atoms with Crippen molar-refractivity contribution in [3.8, 4) is 0 Å². The third-order valence-electron chi connectivity index (χ3n) is 0.908. The molecular formula is C4H11BN. The fraction of sp³-hybridized carbons (Fsp3) is 1.00. The van der Waals surface area contributed by atoms with Crippen LogP contribution in [0.15, 0.2) is 0 Å². The van der Waals surface area contributed by atoms with Crippen molar-refractivity contribution in [1.29, 1.82) is 0 Å². The van der Waals surface area contributed by atoms with E-state index < -0.39 is 0 Å². The van der Waals surface area contributed by atoms with Crippen LogP contribution in [0.2, 0.25) is 0 Å². The molecule has 0 aromatic rings. The standard InChI is InChI=1S/C4H11BN/c1-3-6(5)4-2/h6H,3-4H2,1-2H3. The summed E-state index contributed by atoms with van der Waals surface area (Å²) in [7, 11) is 5.39. The van der Waals surface area contributed by atoms with Gasteiger partial charge in [-0.1, -0.05) is 0 Å². The van der Waals surface area contributed by atoms with Crippen LogP contribution in [-0.4, -0.2) is 21.1 Å². The van der Waals surface area contributed by atoms with Crippen LogP contribution in [0.25, 0.3) is 0 Å². The number of hydrogen-bond acceptors (Lipinski definition) is 0. The van der Waals surface area contributed by atoms with E-state index >= 15 is 0 Å². The van der Waals surface area contributed by atoms with Crippen molar-refractivity contribution >= 4 is 7.98 Å². The highest BCUT2D eigenvalue weighted by Gasteiger charge is 1.72. The van der Waals surface area contributed by atoms with E-state index in [2.05, 4.69) is 13.8 Å². The third-order valence-corrected chi connectivity index (χ3v) is 0.908. The molecule has 3 radical (unpaired) electrons. The van der Waals surface area contributed by atoms with Gasteiger partial charge in [0.1, 0.15) is 0 Å². The average Bonchev–Trinajstić information content (AvgIpc) is 1.65. The lowest BCUT2D eigenvalue weighted by Crippen LogP contribution is -3.09. The Kier molecular flexibility index (Phi) is 3.24. The van der Waals surface area contributed by atoms with Gasteiger partial charge in [0.05, 0.1) is 0 Å². The van der Waals surface area contributed by atoms with Gasteiger partial charge in [0, 0.05) is 13.1 Å². The molecular weight excluding hydrogens is 72.9 g/mol. The van der Waals surface area contributed by atoms with Crippen LogP contribution in [0.1, 0.15) is 13.8 Å². The Balaban J connectivity index is 2.75. The molecule has 1 N–H and O–H groups in total. The second-order valence-electron chi connectivity index (χ2n) is 1.37. The van der Waals surface area contributed by atoms with E-state index in [4.69, 9.17) is 7.98 Å². The summed E-state index contributed by atoms with van der Waals surface area (Å²) in [5, 5.41) is 0. The second kappa shape index (κ2) is 3.22. The van der Waals surface area contributed by atoms with Crippen molar-refractivity contribution in [2.24, 2.45) is 0 Å². The first-order valence-corrected chi connectivity index (χ1v) is 2.41. The van der Waals surface area contributed by atoms with Crippen LogP contribution in [0.3, 0.4) is 0 Å². The van der Waals surface area contributed by atoms with Gasteiger partial charge in [0.25, 0.3) is 0 Å². The molecule has 6 heavy (non-hydrogen) atoms. The summed E-state index contributed by atoms with van der Waals surface area (Å²) in [5.41, 5.74) is 0. The van der Waals surface area contributed by atoms with E-state index in [1.807, 2.05) is 0 Å². The predicted molar refractivity (Wildman–Crippen MR) is 27.8 cm³/mol. The molecule has 0 aromatic heterocycles. The van der Waals surface area contributed by atoms with E-state index in [0.717, 1.165) is 17.9 Å². The average molecular weight is 84.0 g/mol. The van der Waals surface area contributed by atoms with Gasteiger partial charge in [0.2, 0.25) is 0 Å². The van der Waals surface area contributed by atoms with Gasteiger partial charge in [-0.2, -0.15) is 0 Å². The largest absolute Gasteiger partial charge is 0.598 e. The molecule has 35 valence electrons. The second-order valence-corrected chi connectivity index (χ2v) is 1.37. The predicted octanol–water partition coefficient (Wildman–Crippen LogP) is -1.01. The molecule has 0 atom stereocenters. The van der Waals surface area contributed by atoms with Crippen LogP contribution in [0.5, 0.6) is 0 Å². The Morgan fingerprint density at radius 2 is 1.67 bits per heavy atom. The Labute approximate surface area is 40.8 Å². The van der Waals surface area contributed by atoms with Crippen molar-refractivity contribution in [3.63, 3.8) is 0 Å². The van der Waals surface area contributed by atoms with Crippen molar-refractivity contribution in [1.82, 2.24) is 0 Å². The topological polar surface area (TPSA) is 4.44 Å². The SMILES string of the molecule is [B-][NH+](CC)CC. The maximum Gasteiger partial charge on any atom is 0.0278 e. The molecule has 0 fully saturated rings. The molecule has 0 rings (SSSR count). The van der Waals surface area contributed by atoms with Gasteiger partial charge >= 0.3 is 0 Å². The minimum Gasteiger partial charge on any atom is -0.598 e. The molecule has 0 unspecified atom stereocenters. The zero-order valence-electron chi connectivity index (χ0n) is 4.49. The van der Waals surface area contributed by atoms with Crippen molar-refractivity contribution < 1.29 is 4.81 Å². The zero-order valence-corrected chi connectivity index (χ0v) is 4.49. The lowest BCUT2D eigenvalue weighted by Gasteiger charge is -2.22. The van der Waals surface area contributed by atoms with E-state index in [9.17, 15) is 0 Å². The first-order valence-electron chi connectivity index (χ1n) is 2.41. The summed E-state index contributed by atoms with van der Waals surface area (Å²) in [6.07, 6.45) is 0. The van der Waals surface area contributed by atoms with Gasteiger partial charge in [-0.3, -0.25) is 0 Å². The monoisotopic (exact) mass is 84.1 g/mol. The van der Waals surface area contributed by atoms with E-state index in [-0.39, 0.29) is 0 Å². The van der Waals surface area contributed by atoms with Crippen LogP contribution < -0.4 is 4.81 Å². The Hall–Kier alpha value is 0.0249. The number of hydrogen-bond donors (Lipinski definition) is 1. The van der Waals surface area contributed by atoms with Gasteiger partial charge in [-0.25, -0.2) is 7.98 Å². The summed E-state index contributed by atoms with van der Waals surface area (Å²) in [5.74, 6) is 0. The van der Waals surface area contributed by atoms with Gasteiger partial charge in [-0.15, -0.1) is 0 Å². The summed E-state index contributed by atoms with van der Waals surface area (Å²) in [4.78, 5) is 1.09. The minimum absolute atomic E-state index is 1.02. The van der Waals surface area contributed by atoms with Crippen molar-refractivity contribution in [2.75, 3.05) is 13.1 Å². The minimum atomic E-state index is 1.02. The molecule has 2 heteroatoms.